The smallest absolute Gasteiger partial charge is 0.179 e. The van der Waals surface area contributed by atoms with Crippen molar-refractivity contribution >= 4 is 17.7 Å². The van der Waals surface area contributed by atoms with Gasteiger partial charge in [0.05, 0.1) is 6.54 Å². The van der Waals surface area contributed by atoms with Crippen LogP contribution in [0.1, 0.15) is 10.4 Å². The lowest BCUT2D eigenvalue weighted by Crippen LogP contribution is -2.24. The van der Waals surface area contributed by atoms with Gasteiger partial charge in [-0.05, 0) is 31.1 Å². The summed E-state index contributed by atoms with van der Waals surface area (Å²) in [4.78, 5) is 16.0. The van der Waals surface area contributed by atoms with Crippen molar-refractivity contribution in [1.29, 1.82) is 0 Å². The van der Waals surface area contributed by atoms with Crippen molar-refractivity contribution in [1.82, 2.24) is 9.29 Å². The third kappa shape index (κ3) is 1.29. The van der Waals surface area contributed by atoms with Crippen LogP contribution < -0.4 is 0 Å². The van der Waals surface area contributed by atoms with Gasteiger partial charge < -0.3 is 4.98 Å². The number of H-pyrrole nitrogens is 1. The van der Waals surface area contributed by atoms with E-state index in [0.717, 1.165) is 21.7 Å². The molecule has 0 fully saturated rings. The van der Waals surface area contributed by atoms with Crippen LogP contribution in [0.5, 0.6) is 0 Å². The highest BCUT2D eigenvalue weighted by molar-refractivity contribution is 7.97. The molecule has 3 rings (SSSR count). The molecule has 3 nitrogen and oxygen atoms in total. The van der Waals surface area contributed by atoms with Crippen molar-refractivity contribution in [2.75, 3.05) is 13.6 Å². The van der Waals surface area contributed by atoms with Gasteiger partial charge in [-0.2, -0.15) is 0 Å². The minimum Gasteiger partial charge on any atom is -0.361 e. The van der Waals surface area contributed by atoms with Crippen LogP contribution in [0.2, 0.25) is 0 Å². The summed E-state index contributed by atoms with van der Waals surface area (Å²) < 4.78 is 1.97. The molecule has 0 aromatic heterocycles. The van der Waals surface area contributed by atoms with Crippen molar-refractivity contribution < 1.29 is 4.79 Å². The molecule has 0 atom stereocenters. The fourth-order valence-electron chi connectivity index (χ4n) is 1.90. The molecule has 4 heteroatoms. The highest BCUT2D eigenvalue weighted by atomic mass is 32.2. The number of likely N-dealkylation sites (N-methyl/N-ethyl adjacent to an activating group) is 1. The van der Waals surface area contributed by atoms with Crippen LogP contribution in [-0.4, -0.2) is 28.7 Å². The van der Waals surface area contributed by atoms with Gasteiger partial charge in [-0.1, -0.05) is 6.07 Å². The van der Waals surface area contributed by atoms with Gasteiger partial charge >= 0.3 is 0 Å². The highest BCUT2D eigenvalue weighted by Gasteiger charge is 2.27. The number of Topliss-reactive ketones (excluding diaryl/α,β-unsaturated/α-hetero) is 1. The number of carbonyl (C=O) groups is 1. The Morgan fingerprint density at radius 2 is 2.33 bits per heavy atom. The van der Waals surface area contributed by atoms with Gasteiger partial charge in [0.2, 0.25) is 0 Å². The van der Waals surface area contributed by atoms with Gasteiger partial charge in [-0.3, -0.25) is 4.79 Å². The molecule has 0 bridgehead atoms. The zero-order chi connectivity index (χ0) is 10.4. The van der Waals surface area contributed by atoms with Gasteiger partial charge in [-0.25, -0.2) is 4.31 Å². The van der Waals surface area contributed by atoms with Crippen molar-refractivity contribution in [3.05, 3.63) is 30.0 Å². The van der Waals surface area contributed by atoms with Crippen molar-refractivity contribution in [3.8, 4) is 11.3 Å². The van der Waals surface area contributed by atoms with Crippen molar-refractivity contribution in [2.45, 2.75) is 4.90 Å². The zero-order valence-corrected chi connectivity index (χ0v) is 9.10. The standard InChI is InChI=1S/C11H10N2OS/c1-13-6-10(14)8-5-9-7(11(8)15-13)3-2-4-12-9/h2-5,12H,6H2,1H3. The lowest BCUT2D eigenvalue weighted by Gasteiger charge is -2.20. The van der Waals surface area contributed by atoms with Gasteiger partial charge in [0.1, 0.15) is 0 Å². The minimum absolute atomic E-state index is 0.204. The monoisotopic (exact) mass is 218 g/mol. The molecule has 3 aliphatic rings. The Kier molecular flexibility index (Phi) is 1.87. The van der Waals surface area contributed by atoms with Crippen LogP contribution in [0.25, 0.3) is 11.3 Å². The Balaban J connectivity index is 2.27. The Morgan fingerprint density at radius 1 is 1.47 bits per heavy atom. The van der Waals surface area contributed by atoms with Crippen LogP contribution >= 0.6 is 11.9 Å². The van der Waals surface area contributed by atoms with E-state index < -0.39 is 0 Å². The highest BCUT2D eigenvalue weighted by Crippen LogP contribution is 2.41. The molecule has 0 aromatic carbocycles. The molecule has 0 unspecified atom stereocenters. The maximum atomic E-state index is 11.8. The van der Waals surface area contributed by atoms with Crippen molar-refractivity contribution in [3.63, 3.8) is 0 Å². The Hall–Kier alpha value is -1.26. The first-order valence-electron chi connectivity index (χ1n) is 4.78. The zero-order valence-electron chi connectivity index (χ0n) is 8.28. The second-order valence-corrected chi connectivity index (χ2v) is 4.90. The SMILES string of the molecule is CN1CC(=O)c2cc3[nH]cccc-3c2S1. The Morgan fingerprint density at radius 3 is 3.20 bits per heavy atom. The number of hydrogen-bond donors (Lipinski definition) is 1. The predicted molar refractivity (Wildman–Crippen MR) is 60.2 cm³/mol. The maximum absolute atomic E-state index is 11.8. The molecule has 1 N–H and O–H groups in total. The van der Waals surface area contributed by atoms with Gasteiger partial charge in [-0.15, -0.1) is 0 Å². The van der Waals surface area contributed by atoms with E-state index in [1.54, 1.807) is 11.9 Å². The summed E-state index contributed by atoms with van der Waals surface area (Å²) in [5, 5.41) is 0. The molecule has 0 amide bonds. The molecule has 0 saturated carbocycles. The van der Waals surface area contributed by atoms with E-state index in [0.29, 0.717) is 6.54 Å². The first-order chi connectivity index (χ1) is 7.25. The summed E-state index contributed by atoms with van der Waals surface area (Å²) in [6.07, 6.45) is 1.88. The predicted octanol–water partition coefficient (Wildman–Crippen LogP) is 2.25. The Bertz CT molecular complexity index is 506. The van der Waals surface area contributed by atoms with E-state index in [9.17, 15) is 4.79 Å². The number of pyridine rings is 1. The molecule has 2 heterocycles. The van der Waals surface area contributed by atoms with Crippen LogP contribution in [0.3, 0.4) is 0 Å². The molecular formula is C11H10N2OS. The number of aromatic amines is 1. The summed E-state index contributed by atoms with van der Waals surface area (Å²) in [5.41, 5.74) is 3.03. The number of ketones is 1. The third-order valence-electron chi connectivity index (χ3n) is 2.58. The second kappa shape index (κ2) is 3.12. The molecule has 1 aliphatic carbocycles. The molecular weight excluding hydrogens is 208 g/mol. The average molecular weight is 218 g/mol. The van der Waals surface area contributed by atoms with Crippen LogP contribution in [0.4, 0.5) is 0 Å². The van der Waals surface area contributed by atoms with Gasteiger partial charge in [0.15, 0.2) is 5.78 Å². The van der Waals surface area contributed by atoms with Crippen LogP contribution in [0, 0.1) is 0 Å². The quantitative estimate of drug-likeness (QED) is 0.689. The number of carbonyl (C=O) groups excluding carboxylic acids is 1. The molecule has 76 valence electrons. The molecule has 0 spiro atoms. The summed E-state index contributed by atoms with van der Waals surface area (Å²) >= 11 is 1.64. The largest absolute Gasteiger partial charge is 0.361 e. The van der Waals surface area contributed by atoms with E-state index in [-0.39, 0.29) is 5.78 Å². The molecule has 2 aliphatic heterocycles. The minimum atomic E-state index is 0.204. The summed E-state index contributed by atoms with van der Waals surface area (Å²) in [6, 6.07) is 5.96. The fraction of sp³-hybridized carbons (Fsp3) is 0.182. The van der Waals surface area contributed by atoms with E-state index in [1.807, 2.05) is 35.7 Å². The number of nitrogens with one attached hydrogen (secondary N) is 1. The number of nitrogens with zero attached hydrogens (tertiary/aromatic N) is 1. The van der Waals surface area contributed by atoms with E-state index >= 15 is 0 Å². The third-order valence-corrected chi connectivity index (χ3v) is 3.64. The fourth-order valence-corrected chi connectivity index (χ4v) is 2.94. The van der Waals surface area contributed by atoms with Gasteiger partial charge in [0.25, 0.3) is 0 Å². The number of hydrogen-bond acceptors (Lipinski definition) is 3. The first kappa shape index (κ1) is 9.00. The summed E-state index contributed by atoms with van der Waals surface area (Å²) in [7, 11) is 1.94. The number of rotatable bonds is 0. The number of fused-ring (bicyclic) bond motifs is 3. The average Bonchev–Trinajstić information content (AvgIpc) is 2.57. The first-order valence-corrected chi connectivity index (χ1v) is 5.55. The van der Waals surface area contributed by atoms with Crippen LogP contribution in [0.15, 0.2) is 29.3 Å². The summed E-state index contributed by atoms with van der Waals surface area (Å²) in [5.74, 6) is 0.204. The van der Waals surface area contributed by atoms with Crippen molar-refractivity contribution in [2.24, 2.45) is 0 Å². The van der Waals surface area contributed by atoms with E-state index in [2.05, 4.69) is 4.98 Å². The molecule has 0 aromatic rings. The lowest BCUT2D eigenvalue weighted by molar-refractivity contribution is 0.0969. The maximum Gasteiger partial charge on any atom is 0.179 e. The topological polar surface area (TPSA) is 36.1 Å². The van der Waals surface area contributed by atoms with Gasteiger partial charge in [0, 0.05) is 27.9 Å². The molecule has 0 saturated heterocycles. The van der Waals surface area contributed by atoms with E-state index in [1.165, 1.54) is 0 Å². The van der Waals surface area contributed by atoms with E-state index in [4.69, 9.17) is 0 Å². The molecule has 15 heavy (non-hydrogen) atoms. The lowest BCUT2D eigenvalue weighted by atomic mass is 10.2. The van der Waals surface area contributed by atoms with Crippen LogP contribution in [-0.2, 0) is 0 Å². The Labute approximate surface area is 91.9 Å². The molecule has 0 radical (unpaired) electrons. The normalized spacial score (nSPS) is 17.0. The number of aromatic nitrogens is 1. The summed E-state index contributed by atoms with van der Waals surface area (Å²) in [6.45, 7) is 0.494. The second-order valence-electron chi connectivity index (χ2n) is 3.69.